The molecular weight excluding hydrogens is 271 g/mol. The third kappa shape index (κ3) is 3.23. The summed E-state index contributed by atoms with van der Waals surface area (Å²) in [7, 11) is 0. The summed E-state index contributed by atoms with van der Waals surface area (Å²) in [6, 6.07) is 10.3. The third-order valence-corrected chi connectivity index (χ3v) is 2.88. The Labute approximate surface area is 114 Å². The lowest BCUT2D eigenvalue weighted by Crippen LogP contribution is -2.01. The fourth-order valence-corrected chi connectivity index (χ4v) is 1.76. The fourth-order valence-electron chi connectivity index (χ4n) is 1.54. The van der Waals surface area contributed by atoms with E-state index in [2.05, 4.69) is 0 Å². The van der Waals surface area contributed by atoms with E-state index in [4.69, 9.17) is 21.4 Å². The normalized spacial score (nSPS) is 10.2. The molecule has 0 unspecified atom stereocenters. The van der Waals surface area contributed by atoms with Crippen LogP contribution in [-0.4, -0.2) is 11.1 Å². The van der Waals surface area contributed by atoms with Crippen LogP contribution in [-0.2, 0) is 6.61 Å². The molecule has 0 fully saturated rings. The predicted octanol–water partition coefficient (Wildman–Crippen LogP) is 3.76. The number of carboxylic acids is 1. The molecule has 0 amide bonds. The van der Waals surface area contributed by atoms with Crippen molar-refractivity contribution in [1.29, 1.82) is 0 Å². The summed E-state index contributed by atoms with van der Waals surface area (Å²) >= 11 is 5.86. The Morgan fingerprint density at radius 2 is 2.00 bits per heavy atom. The van der Waals surface area contributed by atoms with Crippen molar-refractivity contribution >= 4 is 17.6 Å². The second kappa shape index (κ2) is 5.71. The van der Waals surface area contributed by atoms with E-state index in [1.54, 1.807) is 18.2 Å². The van der Waals surface area contributed by atoms with Crippen LogP contribution in [0.2, 0.25) is 5.02 Å². The highest BCUT2D eigenvalue weighted by molar-refractivity contribution is 6.31. The molecule has 1 N–H and O–H groups in total. The van der Waals surface area contributed by atoms with Gasteiger partial charge in [-0.3, -0.25) is 0 Å². The number of benzene rings is 2. The van der Waals surface area contributed by atoms with Gasteiger partial charge in [-0.15, -0.1) is 0 Å². The van der Waals surface area contributed by atoms with E-state index >= 15 is 0 Å². The second-order valence-corrected chi connectivity index (χ2v) is 4.23. The van der Waals surface area contributed by atoms with Crippen LogP contribution < -0.4 is 4.74 Å². The molecule has 0 saturated carbocycles. The first-order valence-electron chi connectivity index (χ1n) is 5.47. The summed E-state index contributed by atoms with van der Waals surface area (Å²) in [6.07, 6.45) is 0. The van der Waals surface area contributed by atoms with Crippen LogP contribution in [0.5, 0.6) is 5.75 Å². The van der Waals surface area contributed by atoms with Gasteiger partial charge < -0.3 is 9.84 Å². The van der Waals surface area contributed by atoms with Crippen molar-refractivity contribution in [2.45, 2.75) is 6.61 Å². The van der Waals surface area contributed by atoms with Gasteiger partial charge in [0.15, 0.2) is 0 Å². The van der Waals surface area contributed by atoms with E-state index in [0.717, 1.165) is 0 Å². The van der Waals surface area contributed by atoms with Crippen LogP contribution in [0.3, 0.4) is 0 Å². The summed E-state index contributed by atoms with van der Waals surface area (Å²) in [5.41, 5.74) is 0.349. The van der Waals surface area contributed by atoms with Crippen molar-refractivity contribution in [3.8, 4) is 5.75 Å². The van der Waals surface area contributed by atoms with Gasteiger partial charge in [0.1, 0.15) is 18.2 Å². The summed E-state index contributed by atoms with van der Waals surface area (Å²) in [6.45, 7) is -0.0609. The minimum Gasteiger partial charge on any atom is -0.489 e. The lowest BCUT2D eigenvalue weighted by Gasteiger charge is -2.09. The van der Waals surface area contributed by atoms with Crippen LogP contribution >= 0.6 is 11.6 Å². The number of carboxylic acid groups (broad SMARTS) is 1. The number of hydrogen-bond acceptors (Lipinski definition) is 2. The topological polar surface area (TPSA) is 46.5 Å². The van der Waals surface area contributed by atoms with E-state index < -0.39 is 11.8 Å². The molecule has 0 spiro atoms. The average Bonchev–Trinajstić information content (AvgIpc) is 2.38. The van der Waals surface area contributed by atoms with E-state index in [1.807, 2.05) is 0 Å². The zero-order valence-corrected chi connectivity index (χ0v) is 10.5. The second-order valence-electron chi connectivity index (χ2n) is 3.82. The van der Waals surface area contributed by atoms with Gasteiger partial charge in [0.05, 0.1) is 10.6 Å². The van der Waals surface area contributed by atoms with Crippen molar-refractivity contribution in [1.82, 2.24) is 0 Å². The monoisotopic (exact) mass is 280 g/mol. The highest BCUT2D eigenvalue weighted by Gasteiger charge is 2.09. The average molecular weight is 281 g/mol. The molecule has 0 bridgehead atoms. The van der Waals surface area contributed by atoms with Crippen molar-refractivity contribution in [3.63, 3.8) is 0 Å². The lowest BCUT2D eigenvalue weighted by molar-refractivity contribution is 0.0696. The van der Waals surface area contributed by atoms with Crippen LogP contribution in [0, 0.1) is 5.82 Å². The Morgan fingerprint density at radius 3 is 2.68 bits per heavy atom. The van der Waals surface area contributed by atoms with Crippen LogP contribution in [0.15, 0.2) is 42.5 Å². The summed E-state index contributed by atoms with van der Waals surface area (Å²) in [4.78, 5) is 10.8. The zero-order valence-electron chi connectivity index (χ0n) is 9.77. The SMILES string of the molecule is O=C(O)c1cccc(OCc2c(F)cccc2Cl)c1. The number of hydrogen-bond donors (Lipinski definition) is 1. The smallest absolute Gasteiger partial charge is 0.335 e. The molecule has 0 radical (unpaired) electrons. The number of halogens is 2. The highest BCUT2D eigenvalue weighted by atomic mass is 35.5. The summed E-state index contributed by atoms with van der Waals surface area (Å²) in [5.74, 6) is -1.16. The first-order valence-corrected chi connectivity index (χ1v) is 5.85. The quantitative estimate of drug-likeness (QED) is 0.927. The molecule has 0 atom stereocenters. The Kier molecular flexibility index (Phi) is 4.02. The molecular formula is C14H10ClFO3. The van der Waals surface area contributed by atoms with Crippen LogP contribution in [0.1, 0.15) is 15.9 Å². The van der Waals surface area contributed by atoms with Crippen LogP contribution in [0.4, 0.5) is 4.39 Å². The summed E-state index contributed by atoms with van der Waals surface area (Å²) in [5, 5.41) is 9.12. The molecule has 0 aliphatic rings. The van der Waals surface area contributed by atoms with E-state index in [9.17, 15) is 9.18 Å². The van der Waals surface area contributed by atoms with Crippen molar-refractivity contribution in [2.24, 2.45) is 0 Å². The Bertz CT molecular complexity index is 593. The Morgan fingerprint density at radius 1 is 1.26 bits per heavy atom. The van der Waals surface area contributed by atoms with Crippen molar-refractivity contribution in [2.75, 3.05) is 0 Å². The van der Waals surface area contributed by atoms with Crippen molar-refractivity contribution < 1.29 is 19.0 Å². The first kappa shape index (κ1) is 13.4. The molecule has 2 rings (SSSR count). The van der Waals surface area contributed by atoms with Gasteiger partial charge in [0, 0.05) is 5.56 Å². The maximum absolute atomic E-state index is 13.5. The summed E-state index contributed by atoms with van der Waals surface area (Å²) < 4.78 is 18.9. The Hall–Kier alpha value is -2.07. The van der Waals surface area contributed by atoms with Gasteiger partial charge in [-0.25, -0.2) is 9.18 Å². The molecule has 2 aromatic carbocycles. The fraction of sp³-hybridized carbons (Fsp3) is 0.0714. The minimum absolute atomic E-state index is 0.0609. The number of rotatable bonds is 4. The Balaban J connectivity index is 2.15. The molecule has 2 aromatic rings. The van der Waals surface area contributed by atoms with E-state index in [0.29, 0.717) is 5.75 Å². The molecule has 5 heteroatoms. The van der Waals surface area contributed by atoms with E-state index in [1.165, 1.54) is 24.3 Å². The van der Waals surface area contributed by atoms with Gasteiger partial charge in [-0.2, -0.15) is 0 Å². The standard InChI is InChI=1S/C14H10ClFO3/c15-12-5-2-6-13(16)11(12)8-19-10-4-1-3-9(7-10)14(17)18/h1-7H,8H2,(H,17,18). The largest absolute Gasteiger partial charge is 0.489 e. The van der Waals surface area contributed by atoms with Crippen molar-refractivity contribution in [3.05, 3.63) is 64.4 Å². The predicted molar refractivity (Wildman–Crippen MR) is 69.1 cm³/mol. The molecule has 3 nitrogen and oxygen atoms in total. The molecule has 0 aliphatic carbocycles. The van der Waals surface area contributed by atoms with Gasteiger partial charge in [0.25, 0.3) is 0 Å². The molecule has 0 heterocycles. The highest BCUT2D eigenvalue weighted by Crippen LogP contribution is 2.22. The zero-order chi connectivity index (χ0) is 13.8. The maximum Gasteiger partial charge on any atom is 0.335 e. The number of aromatic carboxylic acids is 1. The van der Waals surface area contributed by atoms with Crippen LogP contribution in [0.25, 0.3) is 0 Å². The molecule has 0 aliphatic heterocycles. The minimum atomic E-state index is -1.05. The maximum atomic E-state index is 13.5. The van der Waals surface area contributed by atoms with Gasteiger partial charge in [-0.1, -0.05) is 23.7 Å². The number of carbonyl (C=O) groups is 1. The number of ether oxygens (including phenoxy) is 1. The van der Waals surface area contributed by atoms with Gasteiger partial charge >= 0.3 is 5.97 Å². The molecule has 98 valence electrons. The molecule has 19 heavy (non-hydrogen) atoms. The van der Waals surface area contributed by atoms with Gasteiger partial charge in [-0.05, 0) is 30.3 Å². The van der Waals surface area contributed by atoms with E-state index in [-0.39, 0.29) is 22.8 Å². The lowest BCUT2D eigenvalue weighted by atomic mass is 10.2. The third-order valence-electron chi connectivity index (χ3n) is 2.53. The van der Waals surface area contributed by atoms with Gasteiger partial charge in [0.2, 0.25) is 0 Å². The molecule has 0 aromatic heterocycles. The first-order chi connectivity index (χ1) is 9.08. The molecule has 0 saturated heterocycles.